The molecule has 1 N–H and O–H groups in total. The molecule has 0 saturated carbocycles. The van der Waals surface area contributed by atoms with Gasteiger partial charge >= 0.3 is 0 Å². The van der Waals surface area contributed by atoms with Crippen molar-refractivity contribution >= 4 is 32.8 Å². The number of anilines is 1. The van der Waals surface area contributed by atoms with Gasteiger partial charge in [0.2, 0.25) is 0 Å². The predicted octanol–water partition coefficient (Wildman–Crippen LogP) is 4.56. The van der Waals surface area contributed by atoms with Gasteiger partial charge in [0.1, 0.15) is 5.75 Å². The molecule has 0 bridgehead atoms. The Labute approximate surface area is 127 Å². The van der Waals surface area contributed by atoms with Gasteiger partial charge in [-0.15, -0.1) is 0 Å². The first-order chi connectivity index (χ1) is 10.3. The van der Waals surface area contributed by atoms with Gasteiger partial charge in [-0.2, -0.15) is 0 Å². The van der Waals surface area contributed by atoms with Crippen molar-refractivity contribution in [3.8, 4) is 5.75 Å². The van der Waals surface area contributed by atoms with Crippen LogP contribution in [0.5, 0.6) is 5.75 Å². The topological polar surface area (TPSA) is 34.2 Å². The SMILES string of the molecule is C=Cc1ccc(CNc2nc3ccc(OC)cc3s2)cc1. The lowest BCUT2D eigenvalue weighted by Gasteiger charge is -2.03. The molecule has 0 unspecified atom stereocenters. The van der Waals surface area contributed by atoms with Crippen molar-refractivity contribution < 1.29 is 4.74 Å². The molecule has 0 atom stereocenters. The first-order valence-corrected chi connectivity index (χ1v) is 7.50. The van der Waals surface area contributed by atoms with Crippen LogP contribution in [-0.2, 0) is 6.54 Å². The maximum atomic E-state index is 5.23. The zero-order valence-corrected chi connectivity index (χ0v) is 12.6. The molecule has 3 rings (SSSR count). The third-order valence-corrected chi connectivity index (χ3v) is 4.23. The van der Waals surface area contributed by atoms with Gasteiger partial charge in [0, 0.05) is 6.54 Å². The van der Waals surface area contributed by atoms with Crippen LogP contribution >= 0.6 is 11.3 Å². The molecule has 0 aliphatic heterocycles. The first kappa shape index (κ1) is 13.6. The number of fused-ring (bicyclic) bond motifs is 1. The number of rotatable bonds is 5. The van der Waals surface area contributed by atoms with E-state index in [0.29, 0.717) is 0 Å². The minimum Gasteiger partial charge on any atom is -0.497 e. The van der Waals surface area contributed by atoms with Crippen molar-refractivity contribution in [1.82, 2.24) is 4.98 Å². The summed E-state index contributed by atoms with van der Waals surface area (Å²) in [7, 11) is 1.67. The number of ether oxygens (including phenoxy) is 1. The highest BCUT2D eigenvalue weighted by atomic mass is 32.1. The summed E-state index contributed by atoms with van der Waals surface area (Å²) in [4.78, 5) is 4.57. The highest BCUT2D eigenvalue weighted by Crippen LogP contribution is 2.29. The van der Waals surface area contributed by atoms with Crippen LogP contribution in [0.15, 0.2) is 49.0 Å². The minimum atomic E-state index is 0.758. The van der Waals surface area contributed by atoms with Crippen LogP contribution in [0.1, 0.15) is 11.1 Å². The molecule has 0 amide bonds. The molecule has 4 heteroatoms. The Bertz CT molecular complexity index is 762. The average Bonchev–Trinajstić information content (AvgIpc) is 2.95. The van der Waals surface area contributed by atoms with E-state index in [0.717, 1.165) is 33.2 Å². The Balaban J connectivity index is 1.73. The summed E-state index contributed by atoms with van der Waals surface area (Å²) in [5, 5.41) is 4.29. The number of thiazole rings is 1. The fourth-order valence-corrected chi connectivity index (χ4v) is 2.95. The number of hydrogen-bond donors (Lipinski definition) is 1. The van der Waals surface area contributed by atoms with Crippen LogP contribution in [-0.4, -0.2) is 12.1 Å². The molecule has 3 nitrogen and oxygen atoms in total. The molecule has 0 fully saturated rings. The molecule has 0 aliphatic carbocycles. The number of aromatic nitrogens is 1. The Morgan fingerprint density at radius 3 is 2.76 bits per heavy atom. The first-order valence-electron chi connectivity index (χ1n) is 6.68. The molecule has 21 heavy (non-hydrogen) atoms. The lowest BCUT2D eigenvalue weighted by Crippen LogP contribution is -1.98. The largest absolute Gasteiger partial charge is 0.497 e. The maximum Gasteiger partial charge on any atom is 0.184 e. The maximum absolute atomic E-state index is 5.23. The van der Waals surface area contributed by atoms with E-state index in [2.05, 4.69) is 41.1 Å². The zero-order chi connectivity index (χ0) is 14.7. The van der Waals surface area contributed by atoms with Gasteiger partial charge in [-0.1, -0.05) is 48.3 Å². The fourth-order valence-electron chi connectivity index (χ4n) is 2.06. The van der Waals surface area contributed by atoms with Gasteiger partial charge in [-0.05, 0) is 29.3 Å². The molecule has 106 valence electrons. The van der Waals surface area contributed by atoms with Gasteiger partial charge in [-0.3, -0.25) is 0 Å². The molecular formula is C17H16N2OS. The lowest BCUT2D eigenvalue weighted by atomic mass is 10.1. The quantitative estimate of drug-likeness (QED) is 0.749. The second kappa shape index (κ2) is 5.97. The van der Waals surface area contributed by atoms with Crippen molar-refractivity contribution in [3.05, 3.63) is 60.2 Å². The van der Waals surface area contributed by atoms with E-state index in [1.54, 1.807) is 18.4 Å². The molecule has 1 heterocycles. The Morgan fingerprint density at radius 1 is 1.24 bits per heavy atom. The summed E-state index contributed by atoms with van der Waals surface area (Å²) in [5.41, 5.74) is 3.34. The van der Waals surface area contributed by atoms with E-state index in [1.807, 2.05) is 24.3 Å². The van der Waals surface area contributed by atoms with Crippen LogP contribution in [0, 0.1) is 0 Å². The van der Waals surface area contributed by atoms with Crippen LogP contribution < -0.4 is 10.1 Å². The molecule has 0 radical (unpaired) electrons. The molecule has 2 aromatic carbocycles. The van der Waals surface area contributed by atoms with Crippen molar-refractivity contribution in [2.24, 2.45) is 0 Å². The third-order valence-electron chi connectivity index (χ3n) is 3.25. The van der Waals surface area contributed by atoms with E-state index < -0.39 is 0 Å². The van der Waals surface area contributed by atoms with E-state index in [-0.39, 0.29) is 0 Å². The second-order valence-corrected chi connectivity index (χ2v) is 5.68. The highest BCUT2D eigenvalue weighted by molar-refractivity contribution is 7.22. The van der Waals surface area contributed by atoms with E-state index in [1.165, 1.54) is 5.56 Å². The Morgan fingerprint density at radius 2 is 2.05 bits per heavy atom. The molecule has 0 saturated heterocycles. The summed E-state index contributed by atoms with van der Waals surface area (Å²) in [6.07, 6.45) is 1.85. The summed E-state index contributed by atoms with van der Waals surface area (Å²) < 4.78 is 6.36. The molecule has 3 aromatic rings. The lowest BCUT2D eigenvalue weighted by molar-refractivity contribution is 0.415. The second-order valence-electron chi connectivity index (χ2n) is 4.65. The monoisotopic (exact) mass is 296 g/mol. The van der Waals surface area contributed by atoms with Crippen LogP contribution in [0.4, 0.5) is 5.13 Å². The molecule has 0 aliphatic rings. The summed E-state index contributed by atoms with van der Waals surface area (Å²) in [5.74, 6) is 0.859. The zero-order valence-electron chi connectivity index (χ0n) is 11.8. The number of nitrogens with zero attached hydrogens (tertiary/aromatic N) is 1. The van der Waals surface area contributed by atoms with Crippen molar-refractivity contribution in [2.75, 3.05) is 12.4 Å². The van der Waals surface area contributed by atoms with E-state index >= 15 is 0 Å². The number of hydrogen-bond acceptors (Lipinski definition) is 4. The normalized spacial score (nSPS) is 10.5. The smallest absolute Gasteiger partial charge is 0.184 e. The van der Waals surface area contributed by atoms with Gasteiger partial charge in [0.15, 0.2) is 5.13 Å². The Hall–Kier alpha value is -2.33. The Kier molecular flexibility index (Phi) is 3.88. The number of nitrogens with one attached hydrogen (secondary N) is 1. The fraction of sp³-hybridized carbons (Fsp3) is 0.118. The number of benzene rings is 2. The molecular weight excluding hydrogens is 280 g/mol. The van der Waals surface area contributed by atoms with Crippen LogP contribution in [0.2, 0.25) is 0 Å². The van der Waals surface area contributed by atoms with Gasteiger partial charge in [-0.25, -0.2) is 4.98 Å². The van der Waals surface area contributed by atoms with Crippen LogP contribution in [0.3, 0.4) is 0 Å². The van der Waals surface area contributed by atoms with Crippen molar-refractivity contribution in [1.29, 1.82) is 0 Å². The number of methoxy groups -OCH3 is 1. The average molecular weight is 296 g/mol. The van der Waals surface area contributed by atoms with Gasteiger partial charge in [0.25, 0.3) is 0 Å². The summed E-state index contributed by atoms with van der Waals surface area (Å²) in [6.45, 7) is 4.52. The van der Waals surface area contributed by atoms with E-state index in [9.17, 15) is 0 Å². The highest BCUT2D eigenvalue weighted by Gasteiger charge is 2.04. The summed E-state index contributed by atoms with van der Waals surface area (Å²) >= 11 is 1.64. The molecule has 1 aromatic heterocycles. The predicted molar refractivity (Wildman–Crippen MR) is 90.0 cm³/mol. The van der Waals surface area contributed by atoms with Crippen molar-refractivity contribution in [3.63, 3.8) is 0 Å². The van der Waals surface area contributed by atoms with Crippen molar-refractivity contribution in [2.45, 2.75) is 6.54 Å². The standard InChI is InChI=1S/C17H16N2OS/c1-3-12-4-6-13(7-5-12)11-18-17-19-15-9-8-14(20-2)10-16(15)21-17/h3-10H,1,11H2,2H3,(H,18,19). The summed E-state index contributed by atoms with van der Waals surface area (Å²) in [6, 6.07) is 14.2. The molecule has 0 spiro atoms. The van der Waals surface area contributed by atoms with Crippen LogP contribution in [0.25, 0.3) is 16.3 Å². The van der Waals surface area contributed by atoms with Gasteiger partial charge < -0.3 is 10.1 Å². The van der Waals surface area contributed by atoms with Gasteiger partial charge in [0.05, 0.1) is 17.3 Å². The third kappa shape index (κ3) is 3.06. The van der Waals surface area contributed by atoms with E-state index in [4.69, 9.17) is 4.74 Å². The minimum absolute atomic E-state index is 0.758.